The zero-order valence-corrected chi connectivity index (χ0v) is 12.5. The van der Waals surface area contributed by atoms with Crippen molar-refractivity contribution in [3.05, 3.63) is 58.4 Å². The largest absolute Gasteiger partial charge is 0.462 e. The van der Waals surface area contributed by atoms with Gasteiger partial charge in [-0.25, -0.2) is 9.18 Å². The van der Waals surface area contributed by atoms with Crippen LogP contribution in [0.25, 0.3) is 0 Å². The summed E-state index contributed by atoms with van der Waals surface area (Å²) in [6.07, 6.45) is 0. The van der Waals surface area contributed by atoms with Gasteiger partial charge in [-0.15, -0.1) is 0 Å². The van der Waals surface area contributed by atoms with Gasteiger partial charge < -0.3 is 10.1 Å². The van der Waals surface area contributed by atoms with E-state index in [-0.39, 0.29) is 12.2 Å². The predicted molar refractivity (Wildman–Crippen MR) is 81.8 cm³/mol. The molecule has 0 heterocycles. The molecule has 0 aliphatic heterocycles. The molecule has 2 aromatic carbocycles. The van der Waals surface area contributed by atoms with Crippen LogP contribution in [-0.2, 0) is 4.74 Å². The Balaban J connectivity index is 2.41. The Kier molecular flexibility index (Phi) is 4.81. The molecule has 110 valence electrons. The summed E-state index contributed by atoms with van der Waals surface area (Å²) in [4.78, 5) is 11.9. The normalized spacial score (nSPS) is 10.3. The molecule has 21 heavy (non-hydrogen) atoms. The van der Waals surface area contributed by atoms with E-state index in [0.717, 1.165) is 5.56 Å². The van der Waals surface area contributed by atoms with E-state index in [2.05, 4.69) is 5.32 Å². The van der Waals surface area contributed by atoms with Gasteiger partial charge in [0, 0.05) is 10.7 Å². The number of ether oxygens (including phenoxy) is 1. The second-order valence-corrected chi connectivity index (χ2v) is 4.85. The van der Waals surface area contributed by atoms with Crippen molar-refractivity contribution in [3.63, 3.8) is 0 Å². The molecule has 1 N–H and O–H groups in total. The van der Waals surface area contributed by atoms with E-state index in [4.69, 9.17) is 16.3 Å². The summed E-state index contributed by atoms with van der Waals surface area (Å²) in [6, 6.07) is 9.23. The third-order valence-corrected chi connectivity index (χ3v) is 3.42. The van der Waals surface area contributed by atoms with E-state index >= 15 is 0 Å². The van der Waals surface area contributed by atoms with Crippen LogP contribution in [0.3, 0.4) is 0 Å². The molecule has 2 rings (SSSR count). The summed E-state index contributed by atoms with van der Waals surface area (Å²) in [5, 5.41) is 3.63. The number of benzene rings is 2. The van der Waals surface area contributed by atoms with E-state index in [0.29, 0.717) is 16.4 Å². The third kappa shape index (κ3) is 3.52. The summed E-state index contributed by atoms with van der Waals surface area (Å²) < 4.78 is 18.4. The highest BCUT2D eigenvalue weighted by molar-refractivity contribution is 6.31. The molecule has 3 nitrogen and oxygen atoms in total. The molecule has 5 heteroatoms. The Morgan fingerprint density at radius 1 is 1.29 bits per heavy atom. The lowest BCUT2D eigenvalue weighted by Gasteiger charge is -2.14. The lowest BCUT2D eigenvalue weighted by atomic mass is 10.1. The lowest BCUT2D eigenvalue weighted by molar-refractivity contribution is 0.0527. The maximum absolute atomic E-state index is 13.5. The van der Waals surface area contributed by atoms with E-state index in [9.17, 15) is 9.18 Å². The summed E-state index contributed by atoms with van der Waals surface area (Å²) >= 11 is 6.06. The minimum absolute atomic E-state index is 0.256. The number of esters is 1. The van der Waals surface area contributed by atoms with Crippen LogP contribution in [0.2, 0.25) is 5.02 Å². The number of hydrogen-bond acceptors (Lipinski definition) is 3. The fourth-order valence-corrected chi connectivity index (χ4v) is 2.07. The molecule has 0 bridgehead atoms. The van der Waals surface area contributed by atoms with Crippen LogP contribution in [0.1, 0.15) is 22.8 Å². The van der Waals surface area contributed by atoms with Crippen LogP contribution in [0.5, 0.6) is 0 Å². The van der Waals surface area contributed by atoms with Crippen molar-refractivity contribution in [1.82, 2.24) is 0 Å². The Hall–Kier alpha value is -2.07. The molecule has 0 spiro atoms. The number of carbonyl (C=O) groups is 1. The zero-order chi connectivity index (χ0) is 15.4. The fraction of sp³-hybridized carbons (Fsp3) is 0.188. The maximum atomic E-state index is 13.5. The maximum Gasteiger partial charge on any atom is 0.340 e. The molecule has 2 aromatic rings. The molecule has 0 aliphatic carbocycles. The number of anilines is 2. The van der Waals surface area contributed by atoms with Gasteiger partial charge in [0.2, 0.25) is 0 Å². The van der Waals surface area contributed by atoms with Crippen molar-refractivity contribution in [3.8, 4) is 0 Å². The number of hydrogen-bond donors (Lipinski definition) is 1. The minimum Gasteiger partial charge on any atom is -0.462 e. The Morgan fingerprint density at radius 2 is 2.05 bits per heavy atom. The summed E-state index contributed by atoms with van der Waals surface area (Å²) in [5.41, 5.74) is 2.15. The van der Waals surface area contributed by atoms with Crippen LogP contribution < -0.4 is 5.32 Å². The Bertz CT molecular complexity index is 673. The second kappa shape index (κ2) is 6.59. The van der Waals surface area contributed by atoms with Crippen molar-refractivity contribution in [1.29, 1.82) is 0 Å². The van der Waals surface area contributed by atoms with Crippen molar-refractivity contribution < 1.29 is 13.9 Å². The van der Waals surface area contributed by atoms with Crippen molar-refractivity contribution in [2.45, 2.75) is 13.8 Å². The van der Waals surface area contributed by atoms with Crippen LogP contribution in [0.15, 0.2) is 36.4 Å². The van der Waals surface area contributed by atoms with Crippen LogP contribution in [-0.4, -0.2) is 12.6 Å². The average Bonchev–Trinajstić information content (AvgIpc) is 2.44. The van der Waals surface area contributed by atoms with Gasteiger partial charge in [-0.2, -0.15) is 0 Å². The number of nitrogens with one attached hydrogen (secondary N) is 1. The monoisotopic (exact) mass is 307 g/mol. The second-order valence-electron chi connectivity index (χ2n) is 4.45. The molecule has 0 fully saturated rings. The highest BCUT2D eigenvalue weighted by Gasteiger charge is 2.14. The van der Waals surface area contributed by atoms with Gasteiger partial charge in [0.15, 0.2) is 0 Å². The Labute approximate surface area is 127 Å². The molecular weight excluding hydrogens is 293 g/mol. The average molecular weight is 308 g/mol. The molecule has 0 amide bonds. The van der Waals surface area contributed by atoms with Crippen LogP contribution in [0, 0.1) is 12.7 Å². The Morgan fingerprint density at radius 3 is 2.76 bits per heavy atom. The standard InChI is InChI=1S/C16H15ClFNO2/c1-3-21-16(20)12-8-7-11(18)9-15(12)19-14-6-4-5-13(17)10(14)2/h4-9,19H,3H2,1-2H3. The van der Waals surface area contributed by atoms with Gasteiger partial charge in [0.1, 0.15) is 5.82 Å². The van der Waals surface area contributed by atoms with E-state index < -0.39 is 11.8 Å². The number of halogens is 2. The first-order valence-electron chi connectivity index (χ1n) is 6.51. The molecule has 0 atom stereocenters. The van der Waals surface area contributed by atoms with E-state index in [1.165, 1.54) is 18.2 Å². The van der Waals surface area contributed by atoms with Gasteiger partial charge in [0.05, 0.1) is 17.9 Å². The van der Waals surface area contributed by atoms with Gasteiger partial charge in [-0.05, 0) is 49.7 Å². The van der Waals surface area contributed by atoms with Crippen LogP contribution >= 0.6 is 11.6 Å². The SMILES string of the molecule is CCOC(=O)c1ccc(F)cc1Nc1cccc(Cl)c1C. The fourth-order valence-electron chi connectivity index (χ4n) is 1.89. The highest BCUT2D eigenvalue weighted by atomic mass is 35.5. The summed E-state index contributed by atoms with van der Waals surface area (Å²) in [6.45, 7) is 3.81. The zero-order valence-electron chi connectivity index (χ0n) is 11.7. The summed E-state index contributed by atoms with van der Waals surface area (Å²) in [7, 11) is 0. The predicted octanol–water partition coefficient (Wildman–Crippen LogP) is 4.71. The van der Waals surface area contributed by atoms with E-state index in [1.807, 2.05) is 6.92 Å². The lowest BCUT2D eigenvalue weighted by Crippen LogP contribution is -2.08. The van der Waals surface area contributed by atoms with Gasteiger partial charge in [-0.3, -0.25) is 0 Å². The molecule has 0 aliphatic rings. The number of carbonyl (C=O) groups excluding carboxylic acids is 1. The molecule has 0 saturated carbocycles. The first-order chi connectivity index (χ1) is 10.0. The molecule has 0 unspecified atom stereocenters. The van der Waals surface area contributed by atoms with Crippen molar-refractivity contribution in [2.75, 3.05) is 11.9 Å². The highest BCUT2D eigenvalue weighted by Crippen LogP contribution is 2.28. The van der Waals surface area contributed by atoms with Crippen molar-refractivity contribution in [2.24, 2.45) is 0 Å². The molecule has 0 radical (unpaired) electrons. The quantitative estimate of drug-likeness (QED) is 0.831. The first-order valence-corrected chi connectivity index (χ1v) is 6.89. The van der Waals surface area contributed by atoms with Gasteiger partial charge >= 0.3 is 5.97 Å². The molecule has 0 saturated heterocycles. The minimum atomic E-state index is -0.500. The molecular formula is C16H15ClFNO2. The summed E-state index contributed by atoms with van der Waals surface area (Å²) in [5.74, 6) is -0.940. The molecule has 0 aromatic heterocycles. The first kappa shape index (κ1) is 15.3. The number of rotatable bonds is 4. The van der Waals surface area contributed by atoms with Gasteiger partial charge in [-0.1, -0.05) is 17.7 Å². The van der Waals surface area contributed by atoms with Crippen LogP contribution in [0.4, 0.5) is 15.8 Å². The van der Waals surface area contributed by atoms with Crippen molar-refractivity contribution >= 4 is 28.9 Å². The third-order valence-electron chi connectivity index (χ3n) is 3.01. The van der Waals surface area contributed by atoms with E-state index in [1.54, 1.807) is 25.1 Å². The topological polar surface area (TPSA) is 38.3 Å². The smallest absolute Gasteiger partial charge is 0.340 e. The van der Waals surface area contributed by atoms with Gasteiger partial charge in [0.25, 0.3) is 0 Å².